The average Bonchev–Trinajstić information content (AvgIpc) is 2.60. The topological polar surface area (TPSA) is 60.2 Å². The van der Waals surface area contributed by atoms with Crippen molar-refractivity contribution in [2.24, 2.45) is 0 Å². The Hall–Kier alpha value is -1.53. The van der Waals surface area contributed by atoms with Crippen molar-refractivity contribution in [3.63, 3.8) is 0 Å². The monoisotopic (exact) mass is 309 g/mol. The second-order valence-corrected chi connectivity index (χ2v) is 7.92. The Morgan fingerprint density at radius 1 is 1.20 bits per heavy atom. The van der Waals surface area contributed by atoms with E-state index in [1.165, 1.54) is 23.9 Å². The molecule has 0 saturated heterocycles. The van der Waals surface area contributed by atoms with Crippen molar-refractivity contribution in [3.8, 4) is 0 Å². The zero-order valence-corrected chi connectivity index (χ0v) is 12.0. The third-order valence-electron chi connectivity index (χ3n) is 3.14. The molecule has 3 nitrogen and oxygen atoms in total. The Morgan fingerprint density at radius 2 is 1.95 bits per heavy atom. The summed E-state index contributed by atoms with van der Waals surface area (Å²) in [6.07, 6.45) is 0. The molecule has 1 aliphatic rings. The maximum Gasteiger partial charge on any atom is 0.180 e. The Kier molecular flexibility index (Phi) is 3.22. The fourth-order valence-electron chi connectivity index (χ4n) is 2.32. The van der Waals surface area contributed by atoms with Crippen LogP contribution < -0.4 is 5.73 Å². The smallest absolute Gasteiger partial charge is 0.180 e. The fourth-order valence-corrected chi connectivity index (χ4v) is 5.87. The second-order valence-electron chi connectivity index (χ2n) is 4.65. The summed E-state index contributed by atoms with van der Waals surface area (Å²) in [5.74, 6) is -0.380. The summed E-state index contributed by atoms with van der Waals surface area (Å²) in [6, 6.07) is 11.2. The van der Waals surface area contributed by atoms with Crippen LogP contribution in [0, 0.1) is 5.82 Å². The standard InChI is InChI=1S/C14H12FNO2S2/c15-9-5-10(16)7-11(6-9)19-13-8-20(17,18)14-4-2-1-3-12(13)14/h1-7,13H,8,16H2. The molecule has 1 unspecified atom stereocenters. The molecule has 0 spiro atoms. The lowest BCUT2D eigenvalue weighted by Gasteiger charge is -2.10. The van der Waals surface area contributed by atoms with Gasteiger partial charge in [0.15, 0.2) is 9.84 Å². The highest BCUT2D eigenvalue weighted by atomic mass is 32.2. The summed E-state index contributed by atoms with van der Waals surface area (Å²) in [6.45, 7) is 0. The SMILES string of the molecule is Nc1cc(F)cc(SC2CS(=O)(=O)c3ccccc32)c1. The quantitative estimate of drug-likeness (QED) is 0.866. The van der Waals surface area contributed by atoms with Crippen molar-refractivity contribution >= 4 is 27.3 Å². The molecule has 2 aromatic rings. The Morgan fingerprint density at radius 3 is 2.70 bits per heavy atom. The summed E-state index contributed by atoms with van der Waals surface area (Å²) >= 11 is 1.33. The third-order valence-corrected chi connectivity index (χ3v) is 6.38. The number of sulfone groups is 1. The molecule has 1 atom stereocenters. The normalized spacial score (nSPS) is 19.8. The van der Waals surface area contributed by atoms with Crippen LogP contribution in [0.2, 0.25) is 0 Å². The van der Waals surface area contributed by atoms with Gasteiger partial charge in [0.2, 0.25) is 0 Å². The van der Waals surface area contributed by atoms with E-state index in [9.17, 15) is 12.8 Å². The molecular formula is C14H12FNO2S2. The van der Waals surface area contributed by atoms with Crippen LogP contribution in [-0.2, 0) is 9.84 Å². The van der Waals surface area contributed by atoms with Crippen molar-refractivity contribution in [3.05, 3.63) is 53.8 Å². The van der Waals surface area contributed by atoms with Crippen molar-refractivity contribution in [2.45, 2.75) is 15.0 Å². The molecule has 3 rings (SSSR count). The molecule has 104 valence electrons. The zero-order chi connectivity index (χ0) is 14.3. The van der Waals surface area contributed by atoms with Crippen LogP contribution in [0.25, 0.3) is 0 Å². The van der Waals surface area contributed by atoms with Gasteiger partial charge in [0.1, 0.15) is 5.82 Å². The Labute approximate surface area is 120 Å². The molecule has 0 radical (unpaired) electrons. The molecule has 1 heterocycles. The number of rotatable bonds is 2. The summed E-state index contributed by atoms with van der Waals surface area (Å²) in [5.41, 5.74) is 6.72. The summed E-state index contributed by atoms with van der Waals surface area (Å²) in [5, 5.41) is -0.225. The minimum absolute atomic E-state index is 0.0352. The Bertz CT molecular complexity index is 754. The first-order valence-electron chi connectivity index (χ1n) is 6.00. The van der Waals surface area contributed by atoms with Gasteiger partial charge in [-0.3, -0.25) is 0 Å². The van der Waals surface area contributed by atoms with Gasteiger partial charge in [-0.15, -0.1) is 11.8 Å². The van der Waals surface area contributed by atoms with Crippen molar-refractivity contribution in [1.82, 2.24) is 0 Å². The summed E-state index contributed by atoms with van der Waals surface area (Å²) in [4.78, 5) is 1.02. The van der Waals surface area contributed by atoms with Gasteiger partial charge in [0.25, 0.3) is 0 Å². The molecule has 0 aliphatic carbocycles. The lowest BCUT2D eigenvalue weighted by Crippen LogP contribution is -2.01. The van der Waals surface area contributed by atoms with Gasteiger partial charge in [-0.2, -0.15) is 0 Å². The second kappa shape index (κ2) is 4.79. The van der Waals surface area contributed by atoms with Crippen LogP contribution in [0.1, 0.15) is 10.8 Å². The average molecular weight is 309 g/mol. The molecule has 0 fully saturated rings. The van der Waals surface area contributed by atoms with E-state index in [1.54, 1.807) is 24.3 Å². The van der Waals surface area contributed by atoms with Crippen LogP contribution in [0.4, 0.5) is 10.1 Å². The minimum atomic E-state index is -3.24. The first-order valence-corrected chi connectivity index (χ1v) is 8.53. The number of anilines is 1. The van der Waals surface area contributed by atoms with E-state index >= 15 is 0 Å². The van der Waals surface area contributed by atoms with Gasteiger partial charge in [-0.25, -0.2) is 12.8 Å². The van der Waals surface area contributed by atoms with E-state index in [1.807, 2.05) is 6.07 Å². The van der Waals surface area contributed by atoms with Gasteiger partial charge in [-0.1, -0.05) is 18.2 Å². The fraction of sp³-hybridized carbons (Fsp3) is 0.143. The number of benzene rings is 2. The maximum atomic E-state index is 13.3. The number of fused-ring (bicyclic) bond motifs is 1. The van der Waals surface area contributed by atoms with E-state index in [2.05, 4.69) is 0 Å². The summed E-state index contributed by atoms with van der Waals surface area (Å²) < 4.78 is 37.5. The van der Waals surface area contributed by atoms with Crippen LogP contribution in [-0.4, -0.2) is 14.2 Å². The molecule has 2 aromatic carbocycles. The van der Waals surface area contributed by atoms with Crippen LogP contribution in [0.3, 0.4) is 0 Å². The maximum absolute atomic E-state index is 13.3. The number of nitrogens with two attached hydrogens (primary N) is 1. The highest BCUT2D eigenvalue weighted by Gasteiger charge is 2.34. The molecule has 6 heteroatoms. The first-order chi connectivity index (χ1) is 9.45. The van der Waals surface area contributed by atoms with Gasteiger partial charge in [0.05, 0.1) is 15.9 Å². The number of halogens is 1. The van der Waals surface area contributed by atoms with E-state index in [0.717, 1.165) is 5.56 Å². The van der Waals surface area contributed by atoms with Gasteiger partial charge >= 0.3 is 0 Å². The Balaban J connectivity index is 1.97. The molecule has 0 saturated carbocycles. The largest absolute Gasteiger partial charge is 0.399 e. The predicted octanol–water partition coefficient (Wildman–Crippen LogP) is 3.03. The van der Waals surface area contributed by atoms with Gasteiger partial charge < -0.3 is 5.73 Å². The number of hydrogen-bond acceptors (Lipinski definition) is 4. The lowest BCUT2D eigenvalue weighted by molar-refractivity contribution is 0.600. The van der Waals surface area contributed by atoms with Crippen molar-refractivity contribution in [2.75, 3.05) is 11.5 Å². The first kappa shape index (κ1) is 13.5. The van der Waals surface area contributed by atoms with E-state index in [0.29, 0.717) is 15.5 Å². The van der Waals surface area contributed by atoms with E-state index in [-0.39, 0.29) is 11.0 Å². The lowest BCUT2D eigenvalue weighted by atomic mass is 10.2. The van der Waals surface area contributed by atoms with Crippen molar-refractivity contribution < 1.29 is 12.8 Å². The van der Waals surface area contributed by atoms with E-state index in [4.69, 9.17) is 5.73 Å². The molecule has 20 heavy (non-hydrogen) atoms. The molecule has 0 amide bonds. The highest BCUT2D eigenvalue weighted by molar-refractivity contribution is 8.01. The number of nitrogen functional groups attached to an aromatic ring is 1. The van der Waals surface area contributed by atoms with E-state index < -0.39 is 15.7 Å². The molecular weight excluding hydrogens is 297 g/mol. The minimum Gasteiger partial charge on any atom is -0.399 e. The summed E-state index contributed by atoms with van der Waals surface area (Å²) in [7, 11) is -3.24. The number of thioether (sulfide) groups is 1. The van der Waals surface area contributed by atoms with Crippen LogP contribution >= 0.6 is 11.8 Å². The molecule has 2 N–H and O–H groups in total. The van der Waals surface area contributed by atoms with Crippen LogP contribution in [0.15, 0.2) is 52.3 Å². The van der Waals surface area contributed by atoms with Crippen LogP contribution in [0.5, 0.6) is 0 Å². The van der Waals surface area contributed by atoms with Gasteiger partial charge in [-0.05, 0) is 29.8 Å². The predicted molar refractivity (Wildman–Crippen MR) is 77.9 cm³/mol. The zero-order valence-electron chi connectivity index (χ0n) is 10.4. The molecule has 1 aliphatic heterocycles. The van der Waals surface area contributed by atoms with Crippen molar-refractivity contribution in [1.29, 1.82) is 0 Å². The molecule has 0 bridgehead atoms. The number of hydrogen-bond donors (Lipinski definition) is 1. The molecule has 0 aromatic heterocycles. The van der Waals surface area contributed by atoms with Gasteiger partial charge in [0, 0.05) is 10.6 Å². The highest BCUT2D eigenvalue weighted by Crippen LogP contribution is 2.45. The third kappa shape index (κ3) is 2.41.